The second-order valence-corrected chi connectivity index (χ2v) is 7.16. The summed E-state index contributed by atoms with van der Waals surface area (Å²) < 4.78 is 0. The summed E-state index contributed by atoms with van der Waals surface area (Å²) in [5, 5.41) is 10.2. The zero-order chi connectivity index (χ0) is 11.1. The summed E-state index contributed by atoms with van der Waals surface area (Å²) in [6.07, 6.45) is 1.29. The van der Waals surface area contributed by atoms with Gasteiger partial charge in [-0.1, -0.05) is 45.3 Å². The van der Waals surface area contributed by atoms with Crippen molar-refractivity contribution in [1.29, 1.82) is 0 Å². The average Bonchev–Trinajstić information content (AvgIpc) is 2.03. The largest absolute Gasteiger partial charge is 0.274 e. The molecule has 0 N–H and O–H groups in total. The van der Waals surface area contributed by atoms with Gasteiger partial charge in [0, 0.05) is 12.3 Å². The molecule has 1 aromatic heterocycles. The van der Waals surface area contributed by atoms with Crippen molar-refractivity contribution in [2.45, 2.75) is 0 Å². The van der Waals surface area contributed by atoms with Gasteiger partial charge in [-0.15, -0.1) is 0 Å². The quantitative estimate of drug-likeness (QED) is 0.330. The van der Waals surface area contributed by atoms with Crippen molar-refractivity contribution in [2.24, 2.45) is 0 Å². The summed E-state index contributed by atoms with van der Waals surface area (Å²) in [5.74, 6) is -1.20. The van der Waals surface area contributed by atoms with Crippen LogP contribution in [0.4, 0.5) is 5.69 Å². The molecule has 0 bridgehead atoms. The highest BCUT2D eigenvalue weighted by Crippen LogP contribution is 2.51. The molecule has 0 amide bonds. The van der Waals surface area contributed by atoms with Gasteiger partial charge in [-0.3, -0.25) is 10.1 Å². The van der Waals surface area contributed by atoms with E-state index in [4.69, 9.17) is 45.3 Å². The first-order valence-electron chi connectivity index (χ1n) is 2.97. The molecule has 0 saturated carbocycles. The van der Waals surface area contributed by atoms with E-state index in [1.165, 1.54) is 18.3 Å². The lowest BCUT2D eigenvalue weighted by molar-refractivity contribution is -0.384. The molecule has 4 nitrogen and oxygen atoms in total. The highest BCUT2D eigenvalue weighted by atomic mass is 36.0. The van der Waals surface area contributed by atoms with E-state index in [1.54, 1.807) is 0 Å². The third kappa shape index (κ3) is 7.54. The van der Waals surface area contributed by atoms with Crippen LogP contribution < -0.4 is 0 Å². The maximum Gasteiger partial charge on any atom is 0.274 e. The topological polar surface area (TPSA) is 56.0 Å². The fraction of sp³-hybridized carbons (Fsp3) is 0. The first-order chi connectivity index (χ1) is 6.43. The van der Waals surface area contributed by atoms with Gasteiger partial charge in [0.25, 0.3) is 5.69 Å². The van der Waals surface area contributed by atoms with E-state index in [9.17, 15) is 10.1 Å². The summed E-state index contributed by atoms with van der Waals surface area (Å²) in [4.78, 5) is 13.1. The van der Waals surface area contributed by atoms with Crippen LogP contribution in [0.1, 0.15) is 0 Å². The Labute approximate surface area is 100 Å². The van der Waals surface area contributed by atoms with Crippen molar-refractivity contribution >= 4 is 57.0 Å². The zero-order valence-electron chi connectivity index (χ0n) is 6.40. The van der Waals surface area contributed by atoms with Gasteiger partial charge in [-0.25, -0.2) is 4.98 Å². The van der Waals surface area contributed by atoms with Crippen molar-refractivity contribution in [3.63, 3.8) is 0 Å². The van der Waals surface area contributed by atoms with E-state index < -0.39 is 10.9 Å². The monoisotopic (exact) mass is 294 g/mol. The lowest BCUT2D eigenvalue weighted by atomic mass is 10.4. The zero-order valence-corrected chi connectivity index (χ0v) is 10.3. The Morgan fingerprint density at radius 2 is 1.93 bits per heavy atom. The van der Waals surface area contributed by atoms with E-state index in [1.807, 2.05) is 0 Å². The minimum Gasteiger partial charge on any atom is -0.258 e. The minimum atomic E-state index is -1.20. The molecule has 0 atom stereocenters. The number of halogens is 4. The minimum absolute atomic E-state index is 0.0417. The number of hydrogen-bond acceptors (Lipinski definition) is 3. The second kappa shape index (κ2) is 7.43. The van der Waals surface area contributed by atoms with Crippen LogP contribution in [0, 0.1) is 10.1 Å². The Hall–Kier alpha value is 0.140. The molecule has 0 fully saturated rings. The molecule has 0 aromatic carbocycles. The summed E-state index contributed by atoms with van der Waals surface area (Å²) in [6.45, 7) is 0. The Kier molecular flexibility index (Phi) is 7.51. The highest BCUT2D eigenvalue weighted by Gasteiger charge is 2.03. The molecular formula is C5H3Cl4N2O2P. The van der Waals surface area contributed by atoms with Gasteiger partial charge >= 0.3 is 0 Å². The Morgan fingerprint density at radius 1 is 1.43 bits per heavy atom. The van der Waals surface area contributed by atoms with Crippen LogP contribution in [0.2, 0.25) is 5.15 Å². The molecule has 0 unspecified atom stereocenters. The fourth-order valence-electron chi connectivity index (χ4n) is 0.506. The first kappa shape index (κ1) is 14.1. The van der Waals surface area contributed by atoms with Crippen molar-refractivity contribution < 1.29 is 4.92 Å². The summed E-state index contributed by atoms with van der Waals surface area (Å²) in [6, 6.07) is 2.48. The van der Waals surface area contributed by atoms with E-state index in [0.29, 0.717) is 0 Å². The van der Waals surface area contributed by atoms with Crippen molar-refractivity contribution in [3.8, 4) is 0 Å². The molecule has 0 aliphatic heterocycles. The molecule has 78 valence electrons. The molecule has 0 aliphatic rings. The highest BCUT2D eigenvalue weighted by molar-refractivity contribution is 8.20. The molecule has 0 radical (unpaired) electrons. The molecular weight excluding hydrogens is 293 g/mol. The fourth-order valence-corrected chi connectivity index (χ4v) is 0.674. The molecule has 1 rings (SSSR count). The number of rotatable bonds is 1. The first-order valence-corrected chi connectivity index (χ1v) is 7.40. The maximum atomic E-state index is 10.1. The number of hydrogen-bond donors (Lipinski definition) is 0. The molecule has 1 heterocycles. The van der Waals surface area contributed by atoms with Gasteiger partial charge in [-0.2, -0.15) is 0 Å². The van der Waals surface area contributed by atoms with Crippen LogP contribution in [0.3, 0.4) is 0 Å². The Morgan fingerprint density at radius 3 is 2.21 bits per heavy atom. The predicted octanol–water partition coefficient (Wildman–Crippen LogP) is 4.57. The van der Waals surface area contributed by atoms with E-state index in [2.05, 4.69) is 4.98 Å². The van der Waals surface area contributed by atoms with E-state index >= 15 is 0 Å². The summed E-state index contributed by atoms with van der Waals surface area (Å²) >= 11 is 20.0. The van der Waals surface area contributed by atoms with Crippen LogP contribution in [0.25, 0.3) is 0 Å². The second-order valence-electron chi connectivity index (χ2n) is 1.79. The average molecular weight is 296 g/mol. The number of nitrogens with zero attached hydrogens (tertiary/aromatic N) is 2. The lowest BCUT2D eigenvalue weighted by Crippen LogP contribution is -1.87. The molecule has 14 heavy (non-hydrogen) atoms. The van der Waals surface area contributed by atoms with Gasteiger partial charge in [0.05, 0.1) is 11.0 Å². The third-order valence-electron chi connectivity index (χ3n) is 0.921. The smallest absolute Gasteiger partial charge is 0.258 e. The van der Waals surface area contributed by atoms with Gasteiger partial charge in [0.1, 0.15) is 5.15 Å². The SMILES string of the molecule is ClP(Cl)Cl.O=[N+]([O-])c1ccnc(Cl)c1. The number of nitro groups is 1. The molecule has 0 saturated heterocycles. The van der Waals surface area contributed by atoms with Crippen LogP contribution in [0.5, 0.6) is 0 Å². The van der Waals surface area contributed by atoms with Gasteiger partial charge in [-0.05, 0) is 0 Å². The predicted molar refractivity (Wildman–Crippen MR) is 60.4 cm³/mol. The lowest BCUT2D eigenvalue weighted by Gasteiger charge is -1.88. The van der Waals surface area contributed by atoms with Gasteiger partial charge in [0.15, 0.2) is 5.98 Å². The molecule has 9 heteroatoms. The standard InChI is InChI=1S/C5H3ClN2O2.Cl3P/c6-5-3-4(8(9)10)1-2-7-5;1-4(2)3/h1-3H;. The van der Waals surface area contributed by atoms with Crippen molar-refractivity contribution in [2.75, 3.05) is 0 Å². The van der Waals surface area contributed by atoms with Crippen molar-refractivity contribution in [1.82, 2.24) is 4.98 Å². The summed E-state index contributed by atoms with van der Waals surface area (Å²) in [5.41, 5.74) is -0.0417. The van der Waals surface area contributed by atoms with Gasteiger partial charge < -0.3 is 0 Å². The van der Waals surface area contributed by atoms with Crippen LogP contribution in [-0.4, -0.2) is 9.91 Å². The maximum absolute atomic E-state index is 10.1. The third-order valence-corrected chi connectivity index (χ3v) is 1.13. The molecule has 1 aromatic rings. The van der Waals surface area contributed by atoms with Crippen LogP contribution in [0.15, 0.2) is 18.3 Å². The molecule has 0 aliphatic carbocycles. The molecule has 0 spiro atoms. The van der Waals surface area contributed by atoms with Crippen molar-refractivity contribution in [3.05, 3.63) is 33.6 Å². The van der Waals surface area contributed by atoms with Crippen LogP contribution in [-0.2, 0) is 0 Å². The van der Waals surface area contributed by atoms with E-state index in [0.717, 1.165) is 0 Å². The number of pyridine rings is 1. The van der Waals surface area contributed by atoms with E-state index in [-0.39, 0.29) is 10.8 Å². The Bertz CT molecular complexity index is 309. The number of aromatic nitrogens is 1. The van der Waals surface area contributed by atoms with Gasteiger partial charge in [0.2, 0.25) is 0 Å². The summed E-state index contributed by atoms with van der Waals surface area (Å²) in [7, 11) is 0. The van der Waals surface area contributed by atoms with Crippen LogP contribution >= 0.6 is 51.3 Å². The Balaban J connectivity index is 0.000000364. The normalized spacial score (nSPS) is 9.21.